The lowest BCUT2D eigenvalue weighted by molar-refractivity contribution is -0.123. The van der Waals surface area contributed by atoms with Crippen molar-refractivity contribution in [2.75, 3.05) is 25.2 Å². The zero-order valence-electron chi connectivity index (χ0n) is 11.4. The first kappa shape index (κ1) is 16.7. The number of hydrogen-bond acceptors (Lipinski definition) is 4. The van der Waals surface area contributed by atoms with Crippen molar-refractivity contribution < 1.29 is 9.53 Å². The monoisotopic (exact) mass is 262 g/mol. The molecule has 0 saturated carbocycles. The van der Waals surface area contributed by atoms with E-state index in [1.54, 1.807) is 11.8 Å². The molecule has 0 rings (SSSR count). The fourth-order valence-corrected chi connectivity index (χ4v) is 1.80. The topological polar surface area (TPSA) is 64.3 Å². The summed E-state index contributed by atoms with van der Waals surface area (Å²) < 4.78 is 5.36. The van der Waals surface area contributed by atoms with Gasteiger partial charge in [0.15, 0.2) is 0 Å². The minimum absolute atomic E-state index is 0.0442. The van der Waals surface area contributed by atoms with Gasteiger partial charge in [-0.3, -0.25) is 4.79 Å². The van der Waals surface area contributed by atoms with Gasteiger partial charge in [0.05, 0.1) is 18.7 Å². The molecule has 0 saturated heterocycles. The Morgan fingerprint density at radius 3 is 2.59 bits per heavy atom. The number of nitrogens with two attached hydrogens (primary N) is 1. The van der Waals surface area contributed by atoms with E-state index in [1.165, 1.54) is 0 Å². The third-order valence-corrected chi connectivity index (χ3v) is 3.25. The molecule has 5 heteroatoms. The fraction of sp³-hybridized carbons (Fsp3) is 0.917. The van der Waals surface area contributed by atoms with Crippen LogP contribution in [0.3, 0.4) is 0 Å². The SMILES string of the molecule is CCOCC(NC(=O)[C@H](N)CCSC)C(C)C. The summed E-state index contributed by atoms with van der Waals surface area (Å²) in [6.07, 6.45) is 2.73. The Morgan fingerprint density at radius 2 is 2.12 bits per heavy atom. The smallest absolute Gasteiger partial charge is 0.237 e. The van der Waals surface area contributed by atoms with E-state index in [0.29, 0.717) is 25.6 Å². The second-order valence-corrected chi connectivity index (χ2v) is 5.39. The Morgan fingerprint density at radius 1 is 1.47 bits per heavy atom. The van der Waals surface area contributed by atoms with Gasteiger partial charge in [0.1, 0.15) is 0 Å². The maximum atomic E-state index is 11.8. The average Bonchev–Trinajstić information content (AvgIpc) is 2.30. The van der Waals surface area contributed by atoms with Gasteiger partial charge >= 0.3 is 0 Å². The molecule has 102 valence electrons. The Balaban J connectivity index is 4.10. The minimum atomic E-state index is -0.412. The van der Waals surface area contributed by atoms with E-state index in [2.05, 4.69) is 19.2 Å². The molecule has 0 fully saturated rings. The summed E-state index contributed by atoms with van der Waals surface area (Å²) in [5.41, 5.74) is 5.81. The molecule has 0 spiro atoms. The number of hydrogen-bond donors (Lipinski definition) is 2. The Labute approximate surface area is 109 Å². The van der Waals surface area contributed by atoms with Crippen molar-refractivity contribution in [1.29, 1.82) is 0 Å². The zero-order valence-corrected chi connectivity index (χ0v) is 12.2. The summed E-state index contributed by atoms with van der Waals surface area (Å²) in [6.45, 7) is 7.30. The number of carbonyl (C=O) groups is 1. The Hall–Kier alpha value is -0.260. The van der Waals surface area contributed by atoms with E-state index in [9.17, 15) is 4.79 Å². The van der Waals surface area contributed by atoms with Gasteiger partial charge in [0.2, 0.25) is 5.91 Å². The number of ether oxygens (including phenoxy) is 1. The van der Waals surface area contributed by atoms with Crippen LogP contribution in [0.15, 0.2) is 0 Å². The van der Waals surface area contributed by atoms with Gasteiger partial charge in [-0.1, -0.05) is 13.8 Å². The predicted octanol–water partition coefficient (Wildman–Crippen LogP) is 1.24. The molecular weight excluding hydrogens is 236 g/mol. The predicted molar refractivity (Wildman–Crippen MR) is 74.2 cm³/mol. The zero-order chi connectivity index (χ0) is 13.3. The highest BCUT2D eigenvalue weighted by Gasteiger charge is 2.20. The van der Waals surface area contributed by atoms with Crippen LogP contribution in [0.25, 0.3) is 0 Å². The van der Waals surface area contributed by atoms with E-state index in [0.717, 1.165) is 5.75 Å². The van der Waals surface area contributed by atoms with Crippen LogP contribution < -0.4 is 11.1 Å². The number of amides is 1. The van der Waals surface area contributed by atoms with Crippen molar-refractivity contribution in [3.05, 3.63) is 0 Å². The molecule has 0 aromatic heterocycles. The summed E-state index contributed by atoms with van der Waals surface area (Å²) in [5, 5.41) is 2.96. The Bertz CT molecular complexity index is 213. The molecule has 0 radical (unpaired) electrons. The molecule has 4 nitrogen and oxygen atoms in total. The van der Waals surface area contributed by atoms with Crippen LogP contribution in [0.5, 0.6) is 0 Å². The van der Waals surface area contributed by atoms with Gasteiger partial charge in [-0.15, -0.1) is 0 Å². The summed E-state index contributed by atoms with van der Waals surface area (Å²) in [4.78, 5) is 11.8. The van der Waals surface area contributed by atoms with E-state index in [4.69, 9.17) is 10.5 Å². The third kappa shape index (κ3) is 7.63. The van der Waals surface area contributed by atoms with E-state index in [-0.39, 0.29) is 11.9 Å². The van der Waals surface area contributed by atoms with Crippen molar-refractivity contribution >= 4 is 17.7 Å². The lowest BCUT2D eigenvalue weighted by Gasteiger charge is -2.23. The molecule has 0 aromatic carbocycles. The van der Waals surface area contributed by atoms with Crippen molar-refractivity contribution in [2.45, 2.75) is 39.3 Å². The van der Waals surface area contributed by atoms with Crippen LogP contribution in [0.2, 0.25) is 0 Å². The van der Waals surface area contributed by atoms with E-state index >= 15 is 0 Å². The normalized spacial score (nSPS) is 14.7. The second kappa shape index (κ2) is 9.74. The van der Waals surface area contributed by atoms with E-state index < -0.39 is 6.04 Å². The molecule has 0 aliphatic carbocycles. The first-order valence-corrected chi connectivity index (χ1v) is 7.54. The molecule has 1 amide bonds. The fourth-order valence-electron chi connectivity index (χ4n) is 1.31. The standard InChI is InChI=1S/C12H26N2O2S/c1-5-16-8-11(9(2)3)14-12(15)10(13)6-7-17-4/h9-11H,5-8,13H2,1-4H3,(H,14,15)/t10-,11?/m1/s1. The first-order chi connectivity index (χ1) is 8.02. The molecular formula is C12H26N2O2S. The molecule has 2 atom stereocenters. The lowest BCUT2D eigenvalue weighted by atomic mass is 10.0. The van der Waals surface area contributed by atoms with Crippen LogP contribution in [0.1, 0.15) is 27.2 Å². The molecule has 0 heterocycles. The van der Waals surface area contributed by atoms with Crippen LogP contribution in [0.4, 0.5) is 0 Å². The van der Waals surface area contributed by atoms with Crippen molar-refractivity contribution in [2.24, 2.45) is 11.7 Å². The maximum absolute atomic E-state index is 11.8. The molecule has 0 aliphatic rings. The maximum Gasteiger partial charge on any atom is 0.237 e. The van der Waals surface area contributed by atoms with Gasteiger partial charge < -0.3 is 15.8 Å². The summed E-state index contributed by atoms with van der Waals surface area (Å²) >= 11 is 1.70. The molecule has 1 unspecified atom stereocenters. The largest absolute Gasteiger partial charge is 0.380 e. The van der Waals surface area contributed by atoms with Gasteiger partial charge in [0, 0.05) is 6.61 Å². The highest BCUT2D eigenvalue weighted by Crippen LogP contribution is 2.04. The van der Waals surface area contributed by atoms with Gasteiger partial charge in [-0.2, -0.15) is 11.8 Å². The average molecular weight is 262 g/mol. The highest BCUT2D eigenvalue weighted by atomic mass is 32.2. The van der Waals surface area contributed by atoms with Crippen LogP contribution in [-0.4, -0.2) is 43.2 Å². The van der Waals surface area contributed by atoms with Crippen molar-refractivity contribution in [1.82, 2.24) is 5.32 Å². The molecule has 3 N–H and O–H groups in total. The summed E-state index contributed by atoms with van der Waals surface area (Å²) in [5.74, 6) is 1.18. The lowest BCUT2D eigenvalue weighted by Crippen LogP contribution is -2.49. The second-order valence-electron chi connectivity index (χ2n) is 4.41. The highest BCUT2D eigenvalue weighted by molar-refractivity contribution is 7.98. The number of rotatable bonds is 9. The van der Waals surface area contributed by atoms with Crippen LogP contribution >= 0.6 is 11.8 Å². The minimum Gasteiger partial charge on any atom is -0.380 e. The molecule has 17 heavy (non-hydrogen) atoms. The van der Waals surface area contributed by atoms with Gasteiger partial charge in [-0.25, -0.2) is 0 Å². The van der Waals surface area contributed by atoms with Gasteiger partial charge in [-0.05, 0) is 31.3 Å². The van der Waals surface area contributed by atoms with Crippen LogP contribution in [-0.2, 0) is 9.53 Å². The quantitative estimate of drug-likeness (QED) is 0.656. The van der Waals surface area contributed by atoms with E-state index in [1.807, 2.05) is 13.2 Å². The summed E-state index contributed by atoms with van der Waals surface area (Å²) in [6, 6.07) is -0.367. The molecule has 0 bridgehead atoms. The first-order valence-electron chi connectivity index (χ1n) is 6.15. The number of carbonyl (C=O) groups excluding carboxylic acids is 1. The third-order valence-electron chi connectivity index (χ3n) is 2.60. The van der Waals surface area contributed by atoms with Gasteiger partial charge in [0.25, 0.3) is 0 Å². The van der Waals surface area contributed by atoms with Crippen molar-refractivity contribution in [3.8, 4) is 0 Å². The van der Waals surface area contributed by atoms with Crippen molar-refractivity contribution in [3.63, 3.8) is 0 Å². The van der Waals surface area contributed by atoms with Crippen LogP contribution in [0, 0.1) is 5.92 Å². The Kier molecular flexibility index (Phi) is 9.59. The number of thioether (sulfide) groups is 1. The summed E-state index contributed by atoms with van der Waals surface area (Å²) in [7, 11) is 0. The molecule has 0 aromatic rings. The number of nitrogens with one attached hydrogen (secondary N) is 1. The molecule has 0 aliphatic heterocycles.